The molecule has 0 N–H and O–H groups in total. The molecule has 0 aliphatic carbocycles. The third kappa shape index (κ3) is 2.37. The van der Waals surface area contributed by atoms with Crippen molar-refractivity contribution < 1.29 is 0 Å². The molecule has 0 bridgehead atoms. The van der Waals surface area contributed by atoms with E-state index in [1.807, 2.05) is 12.1 Å². The molecule has 2 aromatic heterocycles. The number of hydrogen-bond acceptors (Lipinski definition) is 5. The summed E-state index contributed by atoms with van der Waals surface area (Å²) < 4.78 is 2.44. The van der Waals surface area contributed by atoms with Crippen molar-refractivity contribution in [3.8, 4) is 12.1 Å². The predicted octanol–water partition coefficient (Wildman–Crippen LogP) is 7.20. The van der Waals surface area contributed by atoms with Gasteiger partial charge in [0.25, 0.3) is 0 Å². The number of nitrogens with zero attached hydrogens (tertiary/aromatic N) is 4. The molecule has 0 atom stereocenters. The lowest BCUT2D eigenvalue weighted by molar-refractivity contribution is 1.21. The monoisotopic (exact) mass is 436 g/mol. The molecule has 5 heteroatoms. The van der Waals surface area contributed by atoms with Gasteiger partial charge < -0.3 is 0 Å². The van der Waals surface area contributed by atoms with E-state index in [1.54, 1.807) is 11.3 Å². The van der Waals surface area contributed by atoms with Crippen LogP contribution in [-0.4, -0.2) is 9.97 Å². The summed E-state index contributed by atoms with van der Waals surface area (Å²) in [6, 6.07) is 29.3. The zero-order valence-corrected chi connectivity index (χ0v) is 17.9. The molecular formula is C28H12N4S. The third-order valence-corrected chi connectivity index (χ3v) is 7.47. The van der Waals surface area contributed by atoms with Gasteiger partial charge in [-0.15, -0.1) is 11.3 Å². The summed E-state index contributed by atoms with van der Waals surface area (Å²) in [7, 11) is 0. The highest BCUT2D eigenvalue weighted by Crippen LogP contribution is 2.42. The summed E-state index contributed by atoms with van der Waals surface area (Å²) >= 11 is 1.78. The zero-order chi connectivity index (χ0) is 22.1. The molecule has 0 aliphatic rings. The van der Waals surface area contributed by atoms with Crippen LogP contribution in [0.4, 0.5) is 0 Å². The molecule has 5 aromatic carbocycles. The summed E-state index contributed by atoms with van der Waals surface area (Å²) in [5.74, 6) is 0. The molecule has 0 fully saturated rings. The van der Waals surface area contributed by atoms with Gasteiger partial charge >= 0.3 is 0 Å². The van der Waals surface area contributed by atoms with Crippen LogP contribution in [-0.2, 0) is 0 Å². The molecule has 0 saturated carbocycles. The molecule has 0 unspecified atom stereocenters. The van der Waals surface area contributed by atoms with Crippen LogP contribution in [0.1, 0.15) is 11.4 Å². The van der Waals surface area contributed by atoms with E-state index in [0.29, 0.717) is 11.0 Å². The van der Waals surface area contributed by atoms with Crippen molar-refractivity contribution in [1.29, 1.82) is 10.5 Å². The minimum Gasteiger partial charge on any atom is -0.232 e. The van der Waals surface area contributed by atoms with Crippen LogP contribution >= 0.6 is 11.3 Å². The quantitative estimate of drug-likeness (QED) is 0.236. The van der Waals surface area contributed by atoms with Crippen molar-refractivity contribution in [3.63, 3.8) is 0 Å². The van der Waals surface area contributed by atoms with Crippen LogP contribution in [0.2, 0.25) is 0 Å². The van der Waals surface area contributed by atoms with Crippen LogP contribution in [0, 0.1) is 22.7 Å². The third-order valence-electron chi connectivity index (χ3n) is 6.34. The zero-order valence-electron chi connectivity index (χ0n) is 17.1. The lowest BCUT2D eigenvalue weighted by Gasteiger charge is -2.12. The highest BCUT2D eigenvalue weighted by atomic mass is 32.1. The molecule has 0 spiro atoms. The Morgan fingerprint density at radius 1 is 0.576 bits per heavy atom. The topological polar surface area (TPSA) is 73.4 Å². The Bertz CT molecular complexity index is 2060. The summed E-state index contributed by atoms with van der Waals surface area (Å²) in [5.41, 5.74) is 1.42. The van der Waals surface area contributed by atoms with Gasteiger partial charge in [0.15, 0.2) is 11.4 Å². The number of rotatable bonds is 0. The van der Waals surface area contributed by atoms with E-state index in [1.165, 1.54) is 14.8 Å². The van der Waals surface area contributed by atoms with Crippen LogP contribution in [0.15, 0.2) is 72.8 Å². The molecule has 33 heavy (non-hydrogen) atoms. The number of hydrogen-bond donors (Lipinski definition) is 0. The molecule has 0 saturated heterocycles. The van der Waals surface area contributed by atoms with Crippen molar-refractivity contribution in [1.82, 2.24) is 9.97 Å². The van der Waals surface area contributed by atoms with E-state index in [2.05, 4.69) is 82.8 Å². The Morgan fingerprint density at radius 3 is 2.12 bits per heavy atom. The van der Waals surface area contributed by atoms with Gasteiger partial charge in [0, 0.05) is 30.9 Å². The van der Waals surface area contributed by atoms with Gasteiger partial charge in [-0.1, -0.05) is 54.6 Å². The van der Waals surface area contributed by atoms with Gasteiger partial charge in [-0.2, -0.15) is 10.5 Å². The first-order chi connectivity index (χ1) is 16.3. The first kappa shape index (κ1) is 18.0. The number of aromatic nitrogens is 2. The number of fused-ring (bicyclic) bond motifs is 11. The van der Waals surface area contributed by atoms with Crippen molar-refractivity contribution in [2.45, 2.75) is 0 Å². The molecule has 0 radical (unpaired) electrons. The fourth-order valence-electron chi connectivity index (χ4n) is 4.89. The lowest BCUT2D eigenvalue weighted by atomic mass is 9.94. The Balaban J connectivity index is 1.83. The van der Waals surface area contributed by atoms with E-state index < -0.39 is 0 Å². The van der Waals surface area contributed by atoms with Gasteiger partial charge in [0.2, 0.25) is 0 Å². The fourth-order valence-corrected chi connectivity index (χ4v) is 6.02. The number of nitriles is 2. The highest BCUT2D eigenvalue weighted by Gasteiger charge is 2.18. The molecule has 7 aromatic rings. The Kier molecular flexibility index (Phi) is 3.53. The first-order valence-electron chi connectivity index (χ1n) is 10.5. The van der Waals surface area contributed by atoms with Gasteiger partial charge in [0.1, 0.15) is 12.1 Å². The van der Waals surface area contributed by atoms with E-state index >= 15 is 0 Å². The Hall–Kier alpha value is -4.58. The van der Waals surface area contributed by atoms with Gasteiger partial charge in [-0.3, -0.25) is 0 Å². The van der Waals surface area contributed by atoms with Gasteiger partial charge in [0.05, 0.1) is 11.0 Å². The summed E-state index contributed by atoms with van der Waals surface area (Å²) in [6.07, 6.45) is 0. The smallest absolute Gasteiger partial charge is 0.177 e. The maximum Gasteiger partial charge on any atom is 0.177 e. The molecule has 0 amide bonds. The van der Waals surface area contributed by atoms with Gasteiger partial charge in [-0.25, -0.2) is 9.97 Å². The SMILES string of the molecule is N#Cc1nc2c3cc4c(cc3c3ccc5ccccc5c3c2nc1C#N)sc1ccccc14. The highest BCUT2D eigenvalue weighted by molar-refractivity contribution is 7.25. The molecule has 0 aliphatic heterocycles. The van der Waals surface area contributed by atoms with Crippen LogP contribution < -0.4 is 0 Å². The fraction of sp³-hybridized carbons (Fsp3) is 0. The van der Waals surface area contributed by atoms with Crippen molar-refractivity contribution in [2.75, 3.05) is 0 Å². The maximum absolute atomic E-state index is 9.64. The molecule has 150 valence electrons. The lowest BCUT2D eigenvalue weighted by Crippen LogP contribution is -1.98. The average Bonchev–Trinajstić information content (AvgIpc) is 3.24. The van der Waals surface area contributed by atoms with E-state index in [-0.39, 0.29) is 11.4 Å². The van der Waals surface area contributed by atoms with Crippen molar-refractivity contribution >= 4 is 74.9 Å². The largest absolute Gasteiger partial charge is 0.232 e. The van der Waals surface area contributed by atoms with Crippen LogP contribution in [0.3, 0.4) is 0 Å². The minimum atomic E-state index is 0.0562. The Morgan fingerprint density at radius 2 is 1.30 bits per heavy atom. The second kappa shape index (κ2) is 6.46. The standard InChI is InChI=1S/C28H12N4S/c29-13-22-23(14-30)32-28-26-16-6-2-1-5-15(16)9-10-18(26)19-12-25-20(11-21(19)27(28)31-22)17-7-3-4-8-24(17)33-25/h1-12H. The van der Waals surface area contributed by atoms with Crippen molar-refractivity contribution in [3.05, 3.63) is 84.2 Å². The number of benzene rings is 5. The molecule has 2 heterocycles. The second-order valence-electron chi connectivity index (χ2n) is 8.04. The average molecular weight is 436 g/mol. The van der Waals surface area contributed by atoms with Crippen LogP contribution in [0.25, 0.3) is 63.5 Å². The minimum absolute atomic E-state index is 0.0562. The maximum atomic E-state index is 9.64. The summed E-state index contributed by atoms with van der Waals surface area (Å²) in [4.78, 5) is 9.36. The normalized spacial score (nSPS) is 11.6. The van der Waals surface area contributed by atoms with E-state index in [9.17, 15) is 10.5 Å². The molecule has 4 nitrogen and oxygen atoms in total. The number of thiophene rings is 1. The first-order valence-corrected chi connectivity index (χ1v) is 11.3. The van der Waals surface area contributed by atoms with E-state index in [0.717, 1.165) is 37.7 Å². The Labute approximate surface area is 191 Å². The molecular weight excluding hydrogens is 424 g/mol. The van der Waals surface area contributed by atoms with Crippen molar-refractivity contribution in [2.24, 2.45) is 0 Å². The van der Waals surface area contributed by atoms with Crippen LogP contribution in [0.5, 0.6) is 0 Å². The van der Waals surface area contributed by atoms with Gasteiger partial charge in [-0.05, 0) is 39.7 Å². The summed E-state index contributed by atoms with van der Waals surface area (Å²) in [5, 5.41) is 27.8. The molecule has 7 rings (SSSR count). The second-order valence-corrected chi connectivity index (χ2v) is 9.13. The summed E-state index contributed by atoms with van der Waals surface area (Å²) in [6.45, 7) is 0. The predicted molar refractivity (Wildman–Crippen MR) is 134 cm³/mol. The van der Waals surface area contributed by atoms with E-state index in [4.69, 9.17) is 0 Å².